The van der Waals surface area contributed by atoms with E-state index < -0.39 is 0 Å². The molecule has 1 aromatic rings. The molecule has 0 saturated heterocycles. The highest BCUT2D eigenvalue weighted by Crippen LogP contribution is 2.39. The third kappa shape index (κ3) is 4.01. The second-order valence-corrected chi connectivity index (χ2v) is 4.37. The van der Waals surface area contributed by atoms with E-state index in [9.17, 15) is 0 Å². The Morgan fingerprint density at radius 3 is 2.21 bits per heavy atom. The molecular formula is C14H24NO4+. The molecule has 1 rings (SSSR count). The van der Waals surface area contributed by atoms with Gasteiger partial charge in [-0.1, -0.05) is 0 Å². The summed E-state index contributed by atoms with van der Waals surface area (Å²) in [5, 5.41) is 2.20. The number of rotatable bonds is 8. The molecule has 1 atom stereocenters. The topological polar surface area (TPSA) is 53.5 Å². The van der Waals surface area contributed by atoms with Gasteiger partial charge in [-0.3, -0.25) is 0 Å². The molecule has 19 heavy (non-hydrogen) atoms. The second kappa shape index (κ2) is 7.86. The summed E-state index contributed by atoms with van der Waals surface area (Å²) < 4.78 is 21.2. The first-order valence-corrected chi connectivity index (χ1v) is 6.28. The summed E-state index contributed by atoms with van der Waals surface area (Å²) in [5.74, 6) is 2.03. The van der Waals surface area contributed by atoms with Gasteiger partial charge in [0.1, 0.15) is 12.6 Å². The van der Waals surface area contributed by atoms with Crippen LogP contribution in [0.1, 0.15) is 12.5 Å². The van der Waals surface area contributed by atoms with Crippen molar-refractivity contribution >= 4 is 0 Å². The highest BCUT2D eigenvalue weighted by Gasteiger charge is 2.17. The maximum absolute atomic E-state index is 5.45. The molecule has 0 unspecified atom stereocenters. The average molecular weight is 270 g/mol. The van der Waals surface area contributed by atoms with E-state index in [1.165, 1.54) is 0 Å². The van der Waals surface area contributed by atoms with Gasteiger partial charge < -0.3 is 24.3 Å². The Morgan fingerprint density at radius 1 is 1.00 bits per heavy atom. The molecule has 0 aliphatic rings. The maximum Gasteiger partial charge on any atom is 0.203 e. The van der Waals surface area contributed by atoms with Crippen LogP contribution in [0.25, 0.3) is 0 Å². The van der Waals surface area contributed by atoms with Crippen molar-refractivity contribution in [1.82, 2.24) is 0 Å². The van der Waals surface area contributed by atoms with Gasteiger partial charge in [0, 0.05) is 7.11 Å². The highest BCUT2D eigenvalue weighted by molar-refractivity contribution is 5.55. The standard InChI is InChI=1S/C14H23NO4/c1-10(9-16-2)15-8-11-6-7-12(17-3)14(19-5)13(11)18-4/h6-7,10,15H,8-9H2,1-5H3/p+1/t10-/m1/s1. The largest absolute Gasteiger partial charge is 0.493 e. The first-order chi connectivity index (χ1) is 9.17. The Labute approximate surface area is 114 Å². The number of benzene rings is 1. The lowest BCUT2D eigenvalue weighted by atomic mass is 10.1. The van der Waals surface area contributed by atoms with Crippen LogP contribution in [0.15, 0.2) is 12.1 Å². The molecule has 0 spiro atoms. The van der Waals surface area contributed by atoms with Crippen molar-refractivity contribution in [2.24, 2.45) is 0 Å². The molecule has 5 heteroatoms. The van der Waals surface area contributed by atoms with Gasteiger partial charge in [-0.15, -0.1) is 0 Å². The van der Waals surface area contributed by atoms with Crippen molar-refractivity contribution in [2.75, 3.05) is 35.0 Å². The zero-order valence-electron chi connectivity index (χ0n) is 12.4. The predicted molar refractivity (Wildman–Crippen MR) is 73.1 cm³/mol. The van der Waals surface area contributed by atoms with Gasteiger partial charge in [0.15, 0.2) is 11.5 Å². The van der Waals surface area contributed by atoms with Crippen molar-refractivity contribution < 1.29 is 24.3 Å². The average Bonchev–Trinajstić information content (AvgIpc) is 2.43. The number of hydrogen-bond acceptors (Lipinski definition) is 4. The zero-order valence-corrected chi connectivity index (χ0v) is 12.4. The van der Waals surface area contributed by atoms with E-state index >= 15 is 0 Å². The van der Waals surface area contributed by atoms with Crippen molar-refractivity contribution in [1.29, 1.82) is 0 Å². The van der Waals surface area contributed by atoms with Crippen molar-refractivity contribution in [3.63, 3.8) is 0 Å². The molecular weight excluding hydrogens is 246 g/mol. The Balaban J connectivity index is 2.89. The minimum atomic E-state index is 0.391. The molecule has 0 radical (unpaired) electrons. The third-order valence-corrected chi connectivity index (χ3v) is 2.96. The Hall–Kier alpha value is -1.46. The first-order valence-electron chi connectivity index (χ1n) is 6.28. The summed E-state index contributed by atoms with van der Waals surface area (Å²) in [6.45, 7) is 3.64. The number of nitrogens with two attached hydrogens (primary N) is 1. The lowest BCUT2D eigenvalue weighted by Crippen LogP contribution is -2.88. The number of quaternary nitrogens is 1. The van der Waals surface area contributed by atoms with Crippen LogP contribution in [0.2, 0.25) is 0 Å². The van der Waals surface area contributed by atoms with Crippen molar-refractivity contribution in [2.45, 2.75) is 19.5 Å². The van der Waals surface area contributed by atoms with Gasteiger partial charge in [-0.05, 0) is 19.1 Å². The highest BCUT2D eigenvalue weighted by atomic mass is 16.5. The summed E-state index contributed by atoms with van der Waals surface area (Å²) in [4.78, 5) is 0. The fourth-order valence-electron chi connectivity index (χ4n) is 1.98. The van der Waals surface area contributed by atoms with Gasteiger partial charge in [-0.2, -0.15) is 0 Å². The lowest BCUT2D eigenvalue weighted by molar-refractivity contribution is -0.702. The molecule has 5 nitrogen and oxygen atoms in total. The van der Waals surface area contributed by atoms with Crippen molar-refractivity contribution in [3.8, 4) is 17.2 Å². The number of hydrogen-bond donors (Lipinski definition) is 1. The first kappa shape index (κ1) is 15.6. The molecule has 0 bridgehead atoms. The quantitative estimate of drug-likeness (QED) is 0.759. The van der Waals surface area contributed by atoms with Crippen LogP contribution in [-0.2, 0) is 11.3 Å². The van der Waals surface area contributed by atoms with Crippen LogP contribution >= 0.6 is 0 Å². The van der Waals surface area contributed by atoms with E-state index in [4.69, 9.17) is 18.9 Å². The molecule has 2 N–H and O–H groups in total. The van der Waals surface area contributed by atoms with Crippen molar-refractivity contribution in [3.05, 3.63) is 17.7 Å². The van der Waals surface area contributed by atoms with Gasteiger partial charge in [0.25, 0.3) is 0 Å². The molecule has 0 heterocycles. The molecule has 0 aromatic heterocycles. The Bertz CT molecular complexity index is 395. The molecule has 0 aliphatic heterocycles. The summed E-state index contributed by atoms with van der Waals surface area (Å²) >= 11 is 0. The molecule has 0 saturated carbocycles. The molecule has 0 fully saturated rings. The molecule has 108 valence electrons. The second-order valence-electron chi connectivity index (χ2n) is 4.37. The fraction of sp³-hybridized carbons (Fsp3) is 0.571. The van der Waals surface area contributed by atoms with Crippen LogP contribution < -0.4 is 19.5 Å². The van der Waals surface area contributed by atoms with Crippen LogP contribution in [0.5, 0.6) is 17.2 Å². The van der Waals surface area contributed by atoms with E-state index in [0.717, 1.165) is 24.5 Å². The smallest absolute Gasteiger partial charge is 0.203 e. The van der Waals surface area contributed by atoms with E-state index in [0.29, 0.717) is 17.5 Å². The molecule has 0 amide bonds. The van der Waals surface area contributed by atoms with Gasteiger partial charge in [-0.25, -0.2) is 0 Å². The summed E-state index contributed by atoms with van der Waals surface area (Å²) in [6, 6.07) is 4.28. The van der Waals surface area contributed by atoms with E-state index in [-0.39, 0.29) is 0 Å². The fourth-order valence-corrected chi connectivity index (χ4v) is 1.98. The Morgan fingerprint density at radius 2 is 1.68 bits per heavy atom. The van der Waals surface area contributed by atoms with Crippen LogP contribution in [0.4, 0.5) is 0 Å². The predicted octanol–water partition coefficient (Wildman–Crippen LogP) is 0.811. The summed E-state index contributed by atoms with van der Waals surface area (Å²) in [6.07, 6.45) is 0. The van der Waals surface area contributed by atoms with Gasteiger partial charge in [0.2, 0.25) is 5.75 Å². The lowest BCUT2D eigenvalue weighted by Gasteiger charge is -2.16. The third-order valence-electron chi connectivity index (χ3n) is 2.96. The monoisotopic (exact) mass is 270 g/mol. The van der Waals surface area contributed by atoms with E-state index in [1.54, 1.807) is 28.4 Å². The molecule has 0 aliphatic carbocycles. The zero-order chi connectivity index (χ0) is 14.3. The normalized spacial score (nSPS) is 12.1. The summed E-state index contributed by atoms with van der Waals surface area (Å²) in [7, 11) is 6.58. The van der Waals surface area contributed by atoms with Crippen LogP contribution in [0, 0.1) is 0 Å². The number of methoxy groups -OCH3 is 4. The van der Waals surface area contributed by atoms with Gasteiger partial charge >= 0.3 is 0 Å². The number of ether oxygens (including phenoxy) is 4. The van der Waals surface area contributed by atoms with E-state index in [1.807, 2.05) is 12.1 Å². The summed E-state index contributed by atoms with van der Waals surface area (Å²) in [5.41, 5.74) is 1.07. The molecule has 1 aromatic carbocycles. The van der Waals surface area contributed by atoms with Crippen LogP contribution in [0.3, 0.4) is 0 Å². The van der Waals surface area contributed by atoms with Crippen LogP contribution in [-0.4, -0.2) is 41.1 Å². The van der Waals surface area contributed by atoms with E-state index in [2.05, 4.69) is 12.2 Å². The minimum Gasteiger partial charge on any atom is -0.493 e. The maximum atomic E-state index is 5.45. The SMILES string of the molecule is COC[C@@H](C)[NH2+]Cc1ccc(OC)c(OC)c1OC. The Kier molecular flexibility index (Phi) is 6.45. The minimum absolute atomic E-state index is 0.391. The van der Waals surface area contributed by atoms with Gasteiger partial charge in [0.05, 0.1) is 33.5 Å².